The van der Waals surface area contributed by atoms with Crippen LogP contribution >= 0.6 is 0 Å². The lowest BCUT2D eigenvalue weighted by molar-refractivity contribution is -0.136. The van der Waals surface area contributed by atoms with Gasteiger partial charge in [0.05, 0.1) is 6.42 Å². The number of benzene rings is 1. The molecule has 0 unspecified atom stereocenters. The standard InChI is InChI=1S/C8H8O5/c9-5-2-1-4(3-6(10)11)7(12)8(5)13/h1-2,9,12-13H,3H2,(H,10,11). The topological polar surface area (TPSA) is 98.0 Å². The van der Waals surface area contributed by atoms with Gasteiger partial charge in [0, 0.05) is 5.56 Å². The Hall–Kier alpha value is -1.91. The molecule has 0 radical (unpaired) electrons. The van der Waals surface area contributed by atoms with E-state index in [1.54, 1.807) is 0 Å². The summed E-state index contributed by atoms with van der Waals surface area (Å²) in [6, 6.07) is 2.35. The van der Waals surface area contributed by atoms with Crippen molar-refractivity contribution >= 4 is 5.97 Å². The Balaban J connectivity index is 3.10. The fourth-order valence-electron chi connectivity index (χ4n) is 0.916. The highest BCUT2D eigenvalue weighted by atomic mass is 16.4. The zero-order valence-corrected chi connectivity index (χ0v) is 6.56. The minimum atomic E-state index is -1.12. The van der Waals surface area contributed by atoms with Gasteiger partial charge in [0.15, 0.2) is 11.5 Å². The number of carboxylic acids is 1. The molecule has 5 heteroatoms. The molecule has 0 aromatic heterocycles. The number of aliphatic carboxylic acids is 1. The van der Waals surface area contributed by atoms with E-state index in [9.17, 15) is 4.79 Å². The largest absolute Gasteiger partial charge is 0.504 e. The molecule has 0 aliphatic carbocycles. The second-order valence-corrected chi connectivity index (χ2v) is 2.51. The van der Waals surface area contributed by atoms with Crippen LogP contribution in [0.25, 0.3) is 0 Å². The average molecular weight is 184 g/mol. The van der Waals surface area contributed by atoms with Gasteiger partial charge in [-0.3, -0.25) is 4.79 Å². The van der Waals surface area contributed by atoms with Crippen LogP contribution in [0.5, 0.6) is 17.2 Å². The number of carboxylic acid groups (broad SMARTS) is 1. The van der Waals surface area contributed by atoms with Crippen molar-refractivity contribution in [2.24, 2.45) is 0 Å². The quantitative estimate of drug-likeness (QED) is 0.499. The van der Waals surface area contributed by atoms with Crippen LogP contribution in [-0.2, 0) is 11.2 Å². The van der Waals surface area contributed by atoms with E-state index in [0.29, 0.717) is 0 Å². The summed E-state index contributed by atoms with van der Waals surface area (Å²) in [4.78, 5) is 10.3. The van der Waals surface area contributed by atoms with Gasteiger partial charge >= 0.3 is 5.97 Å². The Morgan fingerprint density at radius 1 is 1.15 bits per heavy atom. The lowest BCUT2D eigenvalue weighted by Crippen LogP contribution is -2.00. The molecule has 0 aliphatic rings. The molecule has 0 bridgehead atoms. The van der Waals surface area contributed by atoms with E-state index in [0.717, 1.165) is 6.07 Å². The second-order valence-electron chi connectivity index (χ2n) is 2.51. The average Bonchev–Trinajstić information content (AvgIpc) is 2.06. The molecule has 0 saturated carbocycles. The van der Waals surface area contributed by atoms with Crippen LogP contribution in [0.1, 0.15) is 5.56 Å². The number of carbonyl (C=O) groups is 1. The lowest BCUT2D eigenvalue weighted by Gasteiger charge is -2.04. The van der Waals surface area contributed by atoms with Gasteiger partial charge in [-0.25, -0.2) is 0 Å². The molecule has 0 fully saturated rings. The first-order valence-electron chi connectivity index (χ1n) is 3.47. The Labute approximate surface area is 73.5 Å². The van der Waals surface area contributed by atoms with Crippen molar-refractivity contribution in [1.29, 1.82) is 0 Å². The lowest BCUT2D eigenvalue weighted by atomic mass is 10.1. The summed E-state index contributed by atoms with van der Waals surface area (Å²) in [5.74, 6) is -2.90. The zero-order chi connectivity index (χ0) is 10.0. The van der Waals surface area contributed by atoms with E-state index in [2.05, 4.69) is 0 Å². The third-order valence-electron chi connectivity index (χ3n) is 1.56. The highest BCUT2D eigenvalue weighted by Crippen LogP contribution is 2.37. The second kappa shape index (κ2) is 3.22. The fourth-order valence-corrected chi connectivity index (χ4v) is 0.916. The summed E-state index contributed by atoms with van der Waals surface area (Å²) in [5, 5.41) is 35.5. The molecule has 0 amide bonds. The van der Waals surface area contributed by atoms with Gasteiger partial charge in [-0.05, 0) is 6.07 Å². The number of phenols is 3. The number of phenolic OH excluding ortho intramolecular Hbond substituents is 3. The Kier molecular flexibility index (Phi) is 2.27. The van der Waals surface area contributed by atoms with Gasteiger partial charge in [-0.15, -0.1) is 0 Å². The summed E-state index contributed by atoms with van der Waals surface area (Å²) < 4.78 is 0. The Morgan fingerprint density at radius 2 is 1.77 bits per heavy atom. The van der Waals surface area contributed by atoms with Gasteiger partial charge in [0.1, 0.15) is 0 Å². The number of hydrogen-bond donors (Lipinski definition) is 4. The van der Waals surface area contributed by atoms with Gasteiger partial charge < -0.3 is 20.4 Å². The first-order valence-corrected chi connectivity index (χ1v) is 3.47. The Bertz CT molecular complexity index is 345. The van der Waals surface area contributed by atoms with E-state index >= 15 is 0 Å². The van der Waals surface area contributed by atoms with Crippen LogP contribution in [0.4, 0.5) is 0 Å². The highest BCUT2D eigenvalue weighted by Gasteiger charge is 2.12. The van der Waals surface area contributed by atoms with E-state index < -0.39 is 29.6 Å². The number of aromatic hydroxyl groups is 3. The maximum Gasteiger partial charge on any atom is 0.307 e. The third-order valence-corrected chi connectivity index (χ3v) is 1.56. The highest BCUT2D eigenvalue weighted by molar-refractivity contribution is 5.72. The summed E-state index contributed by atoms with van der Waals surface area (Å²) in [7, 11) is 0. The number of hydrogen-bond acceptors (Lipinski definition) is 4. The minimum absolute atomic E-state index is 0.0581. The normalized spacial score (nSPS) is 9.85. The Morgan fingerprint density at radius 3 is 2.31 bits per heavy atom. The molecule has 0 spiro atoms. The van der Waals surface area contributed by atoms with Crippen LogP contribution in [0.15, 0.2) is 12.1 Å². The molecule has 0 saturated heterocycles. The van der Waals surface area contributed by atoms with Crippen LogP contribution in [0.3, 0.4) is 0 Å². The maximum absolute atomic E-state index is 10.3. The minimum Gasteiger partial charge on any atom is -0.504 e. The molecule has 0 aliphatic heterocycles. The van der Waals surface area contributed by atoms with Gasteiger partial charge in [-0.2, -0.15) is 0 Å². The molecule has 1 aromatic carbocycles. The van der Waals surface area contributed by atoms with Gasteiger partial charge in [0.2, 0.25) is 5.75 Å². The molecule has 1 aromatic rings. The van der Waals surface area contributed by atoms with Crippen molar-refractivity contribution in [2.45, 2.75) is 6.42 Å². The monoisotopic (exact) mass is 184 g/mol. The summed E-state index contributed by atoms with van der Waals surface area (Å²) in [5.41, 5.74) is 0.0581. The van der Waals surface area contributed by atoms with Crippen molar-refractivity contribution in [3.05, 3.63) is 17.7 Å². The third kappa shape index (κ3) is 1.81. The van der Waals surface area contributed by atoms with E-state index in [1.165, 1.54) is 6.07 Å². The SMILES string of the molecule is O=C(O)Cc1ccc(O)c(O)c1O. The van der Waals surface area contributed by atoms with Crippen LogP contribution in [-0.4, -0.2) is 26.4 Å². The summed E-state index contributed by atoms with van der Waals surface area (Å²) in [6.07, 6.45) is -0.403. The molecule has 0 atom stereocenters. The van der Waals surface area contributed by atoms with E-state index in [1.807, 2.05) is 0 Å². The first-order chi connectivity index (χ1) is 6.02. The summed E-state index contributed by atoms with van der Waals surface area (Å²) in [6.45, 7) is 0. The smallest absolute Gasteiger partial charge is 0.307 e. The number of rotatable bonds is 2. The molecule has 4 N–H and O–H groups in total. The van der Waals surface area contributed by atoms with Gasteiger partial charge in [-0.1, -0.05) is 6.07 Å². The van der Waals surface area contributed by atoms with Gasteiger partial charge in [0.25, 0.3) is 0 Å². The molecule has 70 valence electrons. The van der Waals surface area contributed by atoms with Crippen LogP contribution in [0, 0.1) is 0 Å². The van der Waals surface area contributed by atoms with Crippen molar-refractivity contribution in [1.82, 2.24) is 0 Å². The van der Waals surface area contributed by atoms with Crippen LogP contribution in [0.2, 0.25) is 0 Å². The molecule has 5 nitrogen and oxygen atoms in total. The van der Waals surface area contributed by atoms with Crippen LogP contribution < -0.4 is 0 Å². The first kappa shape index (κ1) is 9.18. The fraction of sp³-hybridized carbons (Fsp3) is 0.125. The van der Waals surface area contributed by atoms with E-state index in [-0.39, 0.29) is 5.56 Å². The van der Waals surface area contributed by atoms with Crippen molar-refractivity contribution < 1.29 is 25.2 Å². The van der Waals surface area contributed by atoms with Crippen molar-refractivity contribution in [3.63, 3.8) is 0 Å². The van der Waals surface area contributed by atoms with Crippen molar-refractivity contribution in [2.75, 3.05) is 0 Å². The molecule has 1 rings (SSSR count). The maximum atomic E-state index is 10.3. The van der Waals surface area contributed by atoms with E-state index in [4.69, 9.17) is 20.4 Å². The zero-order valence-electron chi connectivity index (χ0n) is 6.56. The predicted molar refractivity (Wildman–Crippen MR) is 42.8 cm³/mol. The predicted octanol–water partition coefficient (Wildman–Crippen LogP) is 0.430. The molecular formula is C8H8O5. The molecule has 0 heterocycles. The molecular weight excluding hydrogens is 176 g/mol. The summed E-state index contributed by atoms with van der Waals surface area (Å²) >= 11 is 0. The van der Waals surface area contributed by atoms with Crippen molar-refractivity contribution in [3.8, 4) is 17.2 Å². The molecule has 13 heavy (non-hydrogen) atoms.